The molecule has 0 fully saturated rings. The van der Waals surface area contributed by atoms with E-state index in [2.05, 4.69) is 15.5 Å². The zero-order chi connectivity index (χ0) is 14.3. The average molecular weight is 294 g/mol. The van der Waals surface area contributed by atoms with Crippen LogP contribution in [0.1, 0.15) is 31.2 Å². The fourth-order valence-corrected chi connectivity index (χ4v) is 1.92. The Morgan fingerprint density at radius 3 is 2.74 bits per heavy atom. The van der Waals surface area contributed by atoms with E-state index in [1.807, 2.05) is 6.92 Å². The van der Waals surface area contributed by atoms with Crippen molar-refractivity contribution < 1.29 is 18.7 Å². The molecular formula is C10H16F2N4O2S. The molecule has 0 radical (unpaired) electrons. The molecule has 1 aromatic heterocycles. The smallest absolute Gasteiger partial charge is 0.323 e. The van der Waals surface area contributed by atoms with Gasteiger partial charge >= 0.3 is 6.03 Å². The summed E-state index contributed by atoms with van der Waals surface area (Å²) in [5.41, 5.74) is 0. The van der Waals surface area contributed by atoms with Gasteiger partial charge in [-0.05, 0) is 6.42 Å². The first-order valence-electron chi connectivity index (χ1n) is 5.86. The predicted molar refractivity (Wildman–Crippen MR) is 67.5 cm³/mol. The molecule has 0 aliphatic heterocycles. The van der Waals surface area contributed by atoms with Gasteiger partial charge in [0.25, 0.3) is 6.43 Å². The van der Waals surface area contributed by atoms with Crippen molar-refractivity contribution in [2.75, 3.05) is 25.0 Å². The van der Waals surface area contributed by atoms with Gasteiger partial charge in [-0.15, -0.1) is 10.2 Å². The maximum Gasteiger partial charge on any atom is 0.323 e. The highest BCUT2D eigenvalue weighted by Crippen LogP contribution is 2.25. The maximum absolute atomic E-state index is 12.3. The Bertz CT molecular complexity index is 403. The molecule has 0 aliphatic rings. The Hall–Kier alpha value is -1.35. The van der Waals surface area contributed by atoms with Gasteiger partial charge in [-0.25, -0.2) is 13.6 Å². The number of carbonyl (C=O) groups is 1. The first-order chi connectivity index (χ1) is 9.08. The lowest BCUT2D eigenvalue weighted by Crippen LogP contribution is -2.37. The number of halogens is 2. The van der Waals surface area contributed by atoms with Gasteiger partial charge in [0.05, 0.1) is 6.61 Å². The van der Waals surface area contributed by atoms with Crippen LogP contribution in [-0.2, 0) is 0 Å². The SMILES string of the molecule is CCCCN(CCO)C(=O)Nc1nnc(C(F)F)s1. The van der Waals surface area contributed by atoms with Gasteiger partial charge in [0.1, 0.15) is 0 Å². The van der Waals surface area contributed by atoms with Crippen molar-refractivity contribution in [3.8, 4) is 0 Å². The van der Waals surface area contributed by atoms with Crippen LogP contribution in [0.2, 0.25) is 0 Å². The Balaban J connectivity index is 2.58. The van der Waals surface area contributed by atoms with E-state index in [9.17, 15) is 13.6 Å². The van der Waals surface area contributed by atoms with Crippen LogP contribution in [0.4, 0.5) is 18.7 Å². The maximum atomic E-state index is 12.3. The number of carbonyl (C=O) groups excluding carboxylic acids is 1. The molecule has 6 nitrogen and oxygen atoms in total. The lowest BCUT2D eigenvalue weighted by molar-refractivity contribution is 0.150. The predicted octanol–water partition coefficient (Wildman–Crippen LogP) is 2.10. The highest BCUT2D eigenvalue weighted by Gasteiger charge is 2.18. The molecule has 19 heavy (non-hydrogen) atoms. The fraction of sp³-hybridized carbons (Fsp3) is 0.700. The summed E-state index contributed by atoms with van der Waals surface area (Å²) >= 11 is 0.635. The summed E-state index contributed by atoms with van der Waals surface area (Å²) in [6.45, 7) is 2.50. The average Bonchev–Trinajstić information content (AvgIpc) is 2.83. The Morgan fingerprint density at radius 2 is 2.21 bits per heavy atom. The molecule has 0 saturated heterocycles. The largest absolute Gasteiger partial charge is 0.395 e. The van der Waals surface area contributed by atoms with E-state index in [1.54, 1.807) is 0 Å². The van der Waals surface area contributed by atoms with Crippen molar-refractivity contribution >= 4 is 22.5 Å². The van der Waals surface area contributed by atoms with E-state index < -0.39 is 17.5 Å². The van der Waals surface area contributed by atoms with E-state index in [0.29, 0.717) is 17.9 Å². The molecule has 1 heterocycles. The molecule has 0 spiro atoms. The summed E-state index contributed by atoms with van der Waals surface area (Å²) in [5, 5.41) is 17.6. The van der Waals surface area contributed by atoms with Crippen LogP contribution in [0.15, 0.2) is 0 Å². The minimum Gasteiger partial charge on any atom is -0.395 e. The van der Waals surface area contributed by atoms with Gasteiger partial charge in [-0.1, -0.05) is 24.7 Å². The summed E-state index contributed by atoms with van der Waals surface area (Å²) in [6.07, 6.45) is -0.994. The zero-order valence-corrected chi connectivity index (χ0v) is 11.3. The van der Waals surface area contributed by atoms with Crippen molar-refractivity contribution in [3.63, 3.8) is 0 Å². The molecule has 9 heteroatoms. The summed E-state index contributed by atoms with van der Waals surface area (Å²) in [6, 6.07) is -0.473. The number of rotatable bonds is 7. The Kier molecular flexibility index (Phi) is 6.57. The minimum atomic E-state index is -2.70. The molecule has 1 rings (SSSR count). The van der Waals surface area contributed by atoms with E-state index in [1.165, 1.54) is 4.90 Å². The number of urea groups is 1. The van der Waals surface area contributed by atoms with Crippen molar-refractivity contribution in [3.05, 3.63) is 5.01 Å². The van der Waals surface area contributed by atoms with Crippen molar-refractivity contribution in [2.45, 2.75) is 26.2 Å². The number of aliphatic hydroxyl groups is 1. The summed E-state index contributed by atoms with van der Waals surface area (Å²) < 4.78 is 24.6. The summed E-state index contributed by atoms with van der Waals surface area (Å²) in [4.78, 5) is 13.3. The third kappa shape index (κ3) is 5.03. The highest BCUT2D eigenvalue weighted by atomic mass is 32.1. The molecule has 0 atom stereocenters. The number of unbranched alkanes of at least 4 members (excludes halogenated alkanes) is 1. The molecular weight excluding hydrogens is 278 g/mol. The quantitative estimate of drug-likeness (QED) is 0.807. The van der Waals surface area contributed by atoms with Gasteiger partial charge in [-0.2, -0.15) is 0 Å². The number of nitrogens with one attached hydrogen (secondary N) is 1. The van der Waals surface area contributed by atoms with Crippen LogP contribution in [0.25, 0.3) is 0 Å². The topological polar surface area (TPSA) is 78.4 Å². The molecule has 0 unspecified atom stereocenters. The number of aromatic nitrogens is 2. The monoisotopic (exact) mass is 294 g/mol. The minimum absolute atomic E-state index is 0.0275. The van der Waals surface area contributed by atoms with Crippen LogP contribution in [0.5, 0.6) is 0 Å². The van der Waals surface area contributed by atoms with Gasteiger partial charge in [0, 0.05) is 13.1 Å². The molecule has 0 aliphatic carbocycles. The van der Waals surface area contributed by atoms with Crippen molar-refractivity contribution in [1.29, 1.82) is 0 Å². The molecule has 108 valence electrons. The number of alkyl halides is 2. The summed E-state index contributed by atoms with van der Waals surface area (Å²) in [5.74, 6) is 0. The summed E-state index contributed by atoms with van der Waals surface area (Å²) in [7, 11) is 0. The lowest BCUT2D eigenvalue weighted by atomic mass is 10.3. The number of hydrogen-bond acceptors (Lipinski definition) is 5. The number of anilines is 1. The molecule has 1 aromatic rings. The lowest BCUT2D eigenvalue weighted by Gasteiger charge is -2.20. The van der Waals surface area contributed by atoms with Crippen molar-refractivity contribution in [1.82, 2.24) is 15.1 Å². The van der Waals surface area contributed by atoms with Gasteiger partial charge < -0.3 is 10.0 Å². The fourth-order valence-electron chi connectivity index (χ4n) is 1.33. The van der Waals surface area contributed by atoms with Gasteiger partial charge in [0.2, 0.25) is 5.13 Å². The molecule has 2 N–H and O–H groups in total. The Morgan fingerprint density at radius 1 is 1.47 bits per heavy atom. The number of aliphatic hydroxyl groups excluding tert-OH is 1. The van der Waals surface area contributed by atoms with Crippen LogP contribution in [0, 0.1) is 0 Å². The van der Waals surface area contributed by atoms with Gasteiger partial charge in [0.15, 0.2) is 5.01 Å². The third-order valence-electron chi connectivity index (χ3n) is 2.28. The van der Waals surface area contributed by atoms with Crippen LogP contribution in [0.3, 0.4) is 0 Å². The third-order valence-corrected chi connectivity index (χ3v) is 3.13. The Labute approximate surface area is 113 Å². The standard InChI is InChI=1S/C10H16F2N4O2S/c1-2-3-4-16(5-6-17)10(18)13-9-15-14-8(19-9)7(11)12/h7,17H,2-6H2,1H3,(H,13,15,18). The van der Waals surface area contributed by atoms with E-state index in [4.69, 9.17) is 5.11 Å². The molecule has 0 bridgehead atoms. The zero-order valence-electron chi connectivity index (χ0n) is 10.5. The number of nitrogens with zero attached hydrogens (tertiary/aromatic N) is 3. The molecule has 2 amide bonds. The number of hydrogen-bond donors (Lipinski definition) is 2. The van der Waals surface area contributed by atoms with E-state index >= 15 is 0 Å². The second-order valence-electron chi connectivity index (χ2n) is 3.74. The highest BCUT2D eigenvalue weighted by molar-refractivity contribution is 7.15. The van der Waals surface area contributed by atoms with Crippen LogP contribution < -0.4 is 5.32 Å². The molecule has 0 saturated carbocycles. The van der Waals surface area contributed by atoms with Crippen molar-refractivity contribution in [2.24, 2.45) is 0 Å². The van der Waals surface area contributed by atoms with Crippen LogP contribution >= 0.6 is 11.3 Å². The second kappa shape index (κ2) is 7.95. The molecule has 0 aromatic carbocycles. The van der Waals surface area contributed by atoms with E-state index in [-0.39, 0.29) is 18.3 Å². The van der Waals surface area contributed by atoms with E-state index in [0.717, 1.165) is 12.8 Å². The number of amides is 2. The normalized spacial score (nSPS) is 10.8. The van der Waals surface area contributed by atoms with Gasteiger partial charge in [-0.3, -0.25) is 5.32 Å². The second-order valence-corrected chi connectivity index (χ2v) is 4.75. The first kappa shape index (κ1) is 15.7. The first-order valence-corrected chi connectivity index (χ1v) is 6.68. The van der Waals surface area contributed by atoms with Crippen LogP contribution in [-0.4, -0.2) is 45.9 Å².